The van der Waals surface area contributed by atoms with Crippen LogP contribution in [-0.4, -0.2) is 23.4 Å². The SMILES string of the molecule is Nc1cc(Cl)ccc1SCCOc1ccc(C(=O)O)cc1. The maximum Gasteiger partial charge on any atom is 0.335 e. The third kappa shape index (κ3) is 4.58. The van der Waals surface area contributed by atoms with Crippen LogP contribution < -0.4 is 10.5 Å². The van der Waals surface area contributed by atoms with Crippen LogP contribution in [0.1, 0.15) is 10.4 Å². The van der Waals surface area contributed by atoms with Gasteiger partial charge in [-0.25, -0.2) is 4.79 Å². The van der Waals surface area contributed by atoms with E-state index in [9.17, 15) is 4.79 Å². The average Bonchev–Trinajstić information content (AvgIpc) is 2.46. The summed E-state index contributed by atoms with van der Waals surface area (Å²) in [6, 6.07) is 11.7. The molecule has 0 unspecified atom stereocenters. The van der Waals surface area contributed by atoms with E-state index in [1.54, 1.807) is 36.0 Å². The second-order valence-electron chi connectivity index (χ2n) is 4.21. The lowest BCUT2D eigenvalue weighted by atomic mass is 10.2. The third-order valence-corrected chi connectivity index (χ3v) is 3.97. The molecule has 0 heterocycles. The Kier molecular flexibility index (Phi) is 5.36. The molecule has 0 saturated carbocycles. The smallest absolute Gasteiger partial charge is 0.335 e. The number of hydrogen-bond acceptors (Lipinski definition) is 4. The number of aromatic carboxylic acids is 1. The summed E-state index contributed by atoms with van der Waals surface area (Å²) in [6.07, 6.45) is 0. The van der Waals surface area contributed by atoms with Crippen LogP contribution in [0.3, 0.4) is 0 Å². The van der Waals surface area contributed by atoms with Crippen LogP contribution in [-0.2, 0) is 0 Å². The van der Waals surface area contributed by atoms with Crippen molar-refractivity contribution >= 4 is 35.0 Å². The van der Waals surface area contributed by atoms with Gasteiger partial charge in [0.05, 0.1) is 12.2 Å². The lowest BCUT2D eigenvalue weighted by molar-refractivity contribution is 0.0697. The quantitative estimate of drug-likeness (QED) is 0.480. The van der Waals surface area contributed by atoms with Gasteiger partial charge in [-0.2, -0.15) is 0 Å². The molecule has 4 nitrogen and oxygen atoms in total. The molecule has 0 radical (unpaired) electrons. The zero-order valence-electron chi connectivity index (χ0n) is 11.1. The Hall–Kier alpha value is -1.85. The van der Waals surface area contributed by atoms with E-state index in [-0.39, 0.29) is 5.56 Å². The minimum absolute atomic E-state index is 0.241. The molecule has 0 aliphatic rings. The molecule has 0 aliphatic heterocycles. The molecule has 6 heteroatoms. The summed E-state index contributed by atoms with van der Waals surface area (Å²) >= 11 is 7.42. The predicted octanol–water partition coefficient (Wildman–Crippen LogP) is 3.79. The van der Waals surface area contributed by atoms with Gasteiger partial charge in [-0.1, -0.05) is 11.6 Å². The summed E-state index contributed by atoms with van der Waals surface area (Å²) in [4.78, 5) is 11.7. The lowest BCUT2D eigenvalue weighted by Gasteiger charge is -2.08. The molecule has 2 aromatic carbocycles. The molecular weight excluding hydrogens is 310 g/mol. The van der Waals surface area contributed by atoms with E-state index in [2.05, 4.69) is 0 Å². The number of halogens is 1. The molecule has 110 valence electrons. The average molecular weight is 324 g/mol. The maximum atomic E-state index is 10.7. The Morgan fingerprint density at radius 1 is 1.24 bits per heavy atom. The first-order chi connectivity index (χ1) is 10.1. The van der Waals surface area contributed by atoms with E-state index in [4.69, 9.17) is 27.2 Å². The molecule has 0 fully saturated rings. The van der Waals surface area contributed by atoms with Crippen LogP contribution in [0.2, 0.25) is 5.02 Å². The standard InChI is InChI=1S/C15H14ClNO3S/c16-11-3-6-14(13(17)9-11)21-8-7-20-12-4-1-10(2-5-12)15(18)19/h1-6,9H,7-8,17H2,(H,18,19). The Morgan fingerprint density at radius 3 is 2.57 bits per heavy atom. The first kappa shape index (κ1) is 15.5. The summed E-state index contributed by atoms with van der Waals surface area (Å²) in [7, 11) is 0. The minimum atomic E-state index is -0.949. The fourth-order valence-electron chi connectivity index (χ4n) is 1.66. The summed E-state index contributed by atoms with van der Waals surface area (Å²) in [5, 5.41) is 9.41. The van der Waals surface area contributed by atoms with E-state index in [1.807, 2.05) is 6.07 Å². The largest absolute Gasteiger partial charge is 0.493 e. The lowest BCUT2D eigenvalue weighted by Crippen LogP contribution is -2.01. The van der Waals surface area contributed by atoms with Crippen molar-refractivity contribution in [3.63, 3.8) is 0 Å². The first-order valence-electron chi connectivity index (χ1n) is 6.20. The number of benzene rings is 2. The number of nitrogens with two attached hydrogens (primary N) is 1. The highest BCUT2D eigenvalue weighted by Crippen LogP contribution is 2.27. The third-order valence-electron chi connectivity index (χ3n) is 2.68. The number of nitrogen functional groups attached to an aromatic ring is 1. The van der Waals surface area contributed by atoms with Crippen molar-refractivity contribution < 1.29 is 14.6 Å². The molecule has 2 aromatic rings. The Labute approximate surface area is 131 Å². The summed E-state index contributed by atoms with van der Waals surface area (Å²) in [5.41, 5.74) is 6.75. The van der Waals surface area contributed by atoms with E-state index in [0.29, 0.717) is 23.1 Å². The van der Waals surface area contributed by atoms with Gasteiger partial charge in [0.1, 0.15) is 5.75 Å². The normalized spacial score (nSPS) is 10.3. The van der Waals surface area contributed by atoms with Gasteiger partial charge in [0.15, 0.2) is 0 Å². The fraction of sp³-hybridized carbons (Fsp3) is 0.133. The summed E-state index contributed by atoms with van der Waals surface area (Å²) in [5.74, 6) is 0.423. The van der Waals surface area contributed by atoms with Crippen LogP contribution in [0, 0.1) is 0 Å². The highest BCUT2D eigenvalue weighted by molar-refractivity contribution is 7.99. The summed E-state index contributed by atoms with van der Waals surface area (Å²) < 4.78 is 5.55. The molecule has 3 N–H and O–H groups in total. The number of thioether (sulfide) groups is 1. The zero-order valence-corrected chi connectivity index (χ0v) is 12.7. The van der Waals surface area contributed by atoms with Gasteiger partial charge in [-0.05, 0) is 42.5 Å². The fourth-order valence-corrected chi connectivity index (χ4v) is 2.61. The first-order valence-corrected chi connectivity index (χ1v) is 7.56. The van der Waals surface area contributed by atoms with Gasteiger partial charge >= 0.3 is 5.97 Å². The number of ether oxygens (including phenoxy) is 1. The molecular formula is C15H14ClNO3S. The van der Waals surface area contributed by atoms with Gasteiger partial charge in [0.25, 0.3) is 0 Å². The van der Waals surface area contributed by atoms with Crippen molar-refractivity contribution in [2.75, 3.05) is 18.1 Å². The zero-order chi connectivity index (χ0) is 15.2. The topological polar surface area (TPSA) is 72.5 Å². The van der Waals surface area contributed by atoms with Crippen molar-refractivity contribution in [1.82, 2.24) is 0 Å². The molecule has 0 atom stereocenters. The molecule has 0 aromatic heterocycles. The van der Waals surface area contributed by atoms with E-state index in [0.717, 1.165) is 10.6 Å². The van der Waals surface area contributed by atoms with Gasteiger partial charge in [0.2, 0.25) is 0 Å². The van der Waals surface area contributed by atoms with E-state index in [1.165, 1.54) is 12.1 Å². The van der Waals surface area contributed by atoms with Crippen molar-refractivity contribution in [1.29, 1.82) is 0 Å². The molecule has 0 saturated heterocycles. The van der Waals surface area contributed by atoms with E-state index < -0.39 is 5.97 Å². The molecule has 21 heavy (non-hydrogen) atoms. The number of hydrogen-bond donors (Lipinski definition) is 2. The van der Waals surface area contributed by atoms with Gasteiger partial charge < -0.3 is 15.6 Å². The molecule has 0 amide bonds. The number of carboxylic acids is 1. The monoisotopic (exact) mass is 323 g/mol. The summed E-state index contributed by atoms with van der Waals surface area (Å²) in [6.45, 7) is 0.499. The molecule has 0 aliphatic carbocycles. The van der Waals surface area contributed by atoms with Crippen molar-refractivity contribution in [2.24, 2.45) is 0 Å². The number of anilines is 1. The molecule has 2 rings (SSSR count). The number of carbonyl (C=O) groups is 1. The van der Waals surface area contributed by atoms with Crippen LogP contribution in [0.4, 0.5) is 5.69 Å². The van der Waals surface area contributed by atoms with Gasteiger partial charge in [-0.15, -0.1) is 11.8 Å². The number of rotatable bonds is 6. The van der Waals surface area contributed by atoms with Crippen molar-refractivity contribution in [2.45, 2.75) is 4.90 Å². The van der Waals surface area contributed by atoms with Crippen LogP contribution in [0.15, 0.2) is 47.4 Å². The van der Waals surface area contributed by atoms with Gasteiger partial charge in [0, 0.05) is 21.4 Å². The van der Waals surface area contributed by atoms with Crippen LogP contribution in [0.25, 0.3) is 0 Å². The minimum Gasteiger partial charge on any atom is -0.493 e. The maximum absolute atomic E-state index is 10.7. The Balaban J connectivity index is 1.80. The van der Waals surface area contributed by atoms with Crippen molar-refractivity contribution in [3.8, 4) is 5.75 Å². The van der Waals surface area contributed by atoms with Crippen LogP contribution >= 0.6 is 23.4 Å². The second kappa shape index (κ2) is 7.24. The Morgan fingerprint density at radius 2 is 1.95 bits per heavy atom. The highest BCUT2D eigenvalue weighted by Gasteiger charge is 2.03. The Bertz CT molecular complexity index is 631. The van der Waals surface area contributed by atoms with Crippen LogP contribution in [0.5, 0.6) is 5.75 Å². The predicted molar refractivity (Wildman–Crippen MR) is 85.5 cm³/mol. The second-order valence-corrected chi connectivity index (χ2v) is 5.78. The molecule has 0 spiro atoms. The number of carboxylic acid groups (broad SMARTS) is 1. The highest BCUT2D eigenvalue weighted by atomic mass is 35.5. The van der Waals surface area contributed by atoms with Crippen molar-refractivity contribution in [3.05, 3.63) is 53.1 Å². The van der Waals surface area contributed by atoms with Gasteiger partial charge in [-0.3, -0.25) is 0 Å². The van der Waals surface area contributed by atoms with E-state index >= 15 is 0 Å². The molecule has 0 bridgehead atoms.